The standard InChI is InChI=1S/C16H21NO2/c1-9-6-10(2)15(16(19-5)11(9)3)14-7-13(8-18)12(4)17-14/h6-7,17-18H,8H2,1-5H3. The van der Waals surface area contributed by atoms with Crippen molar-refractivity contribution in [2.24, 2.45) is 0 Å². The van der Waals surface area contributed by atoms with Gasteiger partial charge in [0.2, 0.25) is 0 Å². The summed E-state index contributed by atoms with van der Waals surface area (Å²) in [5, 5.41) is 9.32. The summed E-state index contributed by atoms with van der Waals surface area (Å²) in [6.07, 6.45) is 0. The number of aliphatic hydroxyl groups is 1. The molecule has 2 aromatic rings. The first kappa shape index (κ1) is 13.7. The third-order valence-corrected chi connectivity index (χ3v) is 3.75. The Morgan fingerprint density at radius 1 is 1.11 bits per heavy atom. The predicted molar refractivity (Wildman–Crippen MR) is 77.7 cm³/mol. The number of nitrogens with one attached hydrogen (secondary N) is 1. The molecule has 2 N–H and O–H groups in total. The normalized spacial score (nSPS) is 10.8. The molecule has 1 heterocycles. The van der Waals surface area contributed by atoms with Crippen LogP contribution >= 0.6 is 0 Å². The third-order valence-electron chi connectivity index (χ3n) is 3.75. The lowest BCUT2D eigenvalue weighted by Gasteiger charge is -2.15. The lowest BCUT2D eigenvalue weighted by molar-refractivity contribution is 0.281. The van der Waals surface area contributed by atoms with Crippen LogP contribution in [0.3, 0.4) is 0 Å². The van der Waals surface area contributed by atoms with E-state index in [-0.39, 0.29) is 6.61 Å². The molecule has 3 nitrogen and oxygen atoms in total. The average Bonchev–Trinajstić information content (AvgIpc) is 2.74. The van der Waals surface area contributed by atoms with Crippen LogP contribution < -0.4 is 4.74 Å². The molecule has 1 aromatic carbocycles. The highest BCUT2D eigenvalue weighted by Gasteiger charge is 2.16. The van der Waals surface area contributed by atoms with Gasteiger partial charge in [-0.3, -0.25) is 0 Å². The van der Waals surface area contributed by atoms with E-state index in [9.17, 15) is 5.11 Å². The zero-order chi connectivity index (χ0) is 14.2. The van der Waals surface area contributed by atoms with Gasteiger partial charge in [0.15, 0.2) is 0 Å². The highest BCUT2D eigenvalue weighted by atomic mass is 16.5. The van der Waals surface area contributed by atoms with E-state index in [1.807, 2.05) is 13.0 Å². The number of ether oxygens (including phenoxy) is 1. The van der Waals surface area contributed by atoms with Crippen LogP contribution in [0.25, 0.3) is 11.3 Å². The molecule has 0 spiro atoms. The number of aromatic amines is 1. The van der Waals surface area contributed by atoms with Crippen LogP contribution in [-0.2, 0) is 6.61 Å². The summed E-state index contributed by atoms with van der Waals surface area (Å²) in [5.41, 5.74) is 7.55. The number of aromatic nitrogens is 1. The molecular weight excluding hydrogens is 238 g/mol. The summed E-state index contributed by atoms with van der Waals surface area (Å²) in [7, 11) is 1.70. The van der Waals surface area contributed by atoms with Crippen molar-refractivity contribution in [3.8, 4) is 17.0 Å². The number of rotatable bonds is 3. The second kappa shape index (κ2) is 5.10. The Balaban J connectivity index is 2.70. The molecular formula is C16H21NO2. The summed E-state index contributed by atoms with van der Waals surface area (Å²) < 4.78 is 5.59. The van der Waals surface area contributed by atoms with Gasteiger partial charge in [-0.25, -0.2) is 0 Å². The monoisotopic (exact) mass is 259 g/mol. The molecule has 1 aromatic heterocycles. The Kier molecular flexibility index (Phi) is 3.67. The van der Waals surface area contributed by atoms with Crippen LogP contribution in [0.1, 0.15) is 27.9 Å². The van der Waals surface area contributed by atoms with Crippen molar-refractivity contribution in [1.82, 2.24) is 4.98 Å². The van der Waals surface area contributed by atoms with E-state index in [4.69, 9.17) is 4.74 Å². The van der Waals surface area contributed by atoms with E-state index in [1.165, 1.54) is 11.1 Å². The number of hydrogen-bond acceptors (Lipinski definition) is 2. The highest BCUT2D eigenvalue weighted by Crippen LogP contribution is 2.37. The van der Waals surface area contributed by atoms with E-state index in [0.29, 0.717) is 0 Å². The number of benzene rings is 1. The first-order valence-corrected chi connectivity index (χ1v) is 6.44. The smallest absolute Gasteiger partial charge is 0.131 e. The summed E-state index contributed by atoms with van der Waals surface area (Å²) in [5.74, 6) is 0.906. The van der Waals surface area contributed by atoms with Gasteiger partial charge >= 0.3 is 0 Å². The average molecular weight is 259 g/mol. The maximum absolute atomic E-state index is 9.32. The fraction of sp³-hybridized carbons (Fsp3) is 0.375. The third kappa shape index (κ3) is 2.26. The van der Waals surface area contributed by atoms with Crippen molar-refractivity contribution in [2.75, 3.05) is 7.11 Å². The maximum atomic E-state index is 9.32. The van der Waals surface area contributed by atoms with Gasteiger partial charge in [-0.05, 0) is 56.0 Å². The molecule has 19 heavy (non-hydrogen) atoms. The van der Waals surface area contributed by atoms with Gasteiger partial charge in [-0.2, -0.15) is 0 Å². The Morgan fingerprint density at radius 3 is 2.32 bits per heavy atom. The lowest BCUT2D eigenvalue weighted by Crippen LogP contribution is -1.97. The van der Waals surface area contributed by atoms with Crippen molar-refractivity contribution in [2.45, 2.75) is 34.3 Å². The van der Waals surface area contributed by atoms with Gasteiger partial charge in [0.25, 0.3) is 0 Å². The largest absolute Gasteiger partial charge is 0.496 e. The number of methoxy groups -OCH3 is 1. The van der Waals surface area contributed by atoms with Crippen LogP contribution in [0.15, 0.2) is 12.1 Å². The number of hydrogen-bond donors (Lipinski definition) is 2. The molecule has 0 aliphatic rings. The molecule has 0 amide bonds. The van der Waals surface area contributed by atoms with Crippen molar-refractivity contribution < 1.29 is 9.84 Å². The van der Waals surface area contributed by atoms with Crippen LogP contribution in [0, 0.1) is 27.7 Å². The number of H-pyrrole nitrogens is 1. The number of aryl methyl sites for hydroxylation is 3. The molecule has 0 aliphatic heterocycles. The van der Waals surface area contributed by atoms with Crippen LogP contribution in [0.5, 0.6) is 5.75 Å². The van der Waals surface area contributed by atoms with Crippen molar-refractivity contribution in [3.63, 3.8) is 0 Å². The van der Waals surface area contributed by atoms with Crippen LogP contribution in [0.2, 0.25) is 0 Å². The molecule has 0 radical (unpaired) electrons. The molecule has 102 valence electrons. The molecule has 0 saturated carbocycles. The minimum atomic E-state index is 0.0501. The number of aliphatic hydroxyl groups excluding tert-OH is 1. The fourth-order valence-electron chi connectivity index (χ4n) is 2.54. The predicted octanol–water partition coefficient (Wildman–Crippen LogP) is 3.42. The van der Waals surface area contributed by atoms with E-state index in [2.05, 4.69) is 31.8 Å². The fourth-order valence-corrected chi connectivity index (χ4v) is 2.54. The van der Waals surface area contributed by atoms with E-state index >= 15 is 0 Å². The Morgan fingerprint density at radius 2 is 1.79 bits per heavy atom. The van der Waals surface area contributed by atoms with E-state index < -0.39 is 0 Å². The Labute approximate surface area is 114 Å². The quantitative estimate of drug-likeness (QED) is 0.887. The lowest BCUT2D eigenvalue weighted by atomic mass is 9.97. The highest BCUT2D eigenvalue weighted by molar-refractivity contribution is 5.75. The van der Waals surface area contributed by atoms with Gasteiger partial charge in [-0.15, -0.1) is 0 Å². The minimum Gasteiger partial charge on any atom is -0.496 e. The van der Waals surface area contributed by atoms with Gasteiger partial charge in [0.1, 0.15) is 5.75 Å². The second-order valence-corrected chi connectivity index (χ2v) is 5.03. The molecule has 0 bridgehead atoms. The molecule has 0 aliphatic carbocycles. The van der Waals surface area contributed by atoms with Crippen molar-refractivity contribution in [1.29, 1.82) is 0 Å². The SMILES string of the molecule is COc1c(C)c(C)cc(C)c1-c1cc(CO)c(C)[nH]1. The zero-order valence-corrected chi connectivity index (χ0v) is 12.2. The van der Waals surface area contributed by atoms with E-state index in [0.717, 1.165) is 33.8 Å². The van der Waals surface area contributed by atoms with E-state index in [1.54, 1.807) is 7.11 Å². The minimum absolute atomic E-state index is 0.0501. The topological polar surface area (TPSA) is 45.2 Å². The summed E-state index contributed by atoms with van der Waals surface area (Å²) >= 11 is 0. The van der Waals surface area contributed by atoms with Gasteiger partial charge in [0.05, 0.1) is 13.7 Å². The first-order chi connectivity index (χ1) is 8.99. The first-order valence-electron chi connectivity index (χ1n) is 6.44. The molecule has 0 atom stereocenters. The summed E-state index contributed by atoms with van der Waals surface area (Å²) in [6.45, 7) is 8.26. The second-order valence-electron chi connectivity index (χ2n) is 5.03. The molecule has 0 saturated heterocycles. The molecule has 2 rings (SSSR count). The summed E-state index contributed by atoms with van der Waals surface area (Å²) in [6, 6.07) is 4.16. The summed E-state index contributed by atoms with van der Waals surface area (Å²) in [4.78, 5) is 3.33. The Bertz CT molecular complexity index is 612. The Hall–Kier alpha value is -1.74. The molecule has 0 fully saturated rings. The zero-order valence-electron chi connectivity index (χ0n) is 12.2. The van der Waals surface area contributed by atoms with Crippen LogP contribution in [0.4, 0.5) is 0 Å². The van der Waals surface area contributed by atoms with Gasteiger partial charge in [0, 0.05) is 17.0 Å². The van der Waals surface area contributed by atoms with Crippen molar-refractivity contribution >= 4 is 0 Å². The van der Waals surface area contributed by atoms with Gasteiger partial charge in [-0.1, -0.05) is 6.07 Å². The molecule has 0 unspecified atom stereocenters. The van der Waals surface area contributed by atoms with Gasteiger partial charge < -0.3 is 14.8 Å². The molecule has 3 heteroatoms. The van der Waals surface area contributed by atoms with Crippen molar-refractivity contribution in [3.05, 3.63) is 40.1 Å². The maximum Gasteiger partial charge on any atom is 0.131 e. The van der Waals surface area contributed by atoms with Crippen LogP contribution in [-0.4, -0.2) is 17.2 Å².